The summed E-state index contributed by atoms with van der Waals surface area (Å²) in [6, 6.07) is 7.38. The zero-order valence-corrected chi connectivity index (χ0v) is 13.4. The van der Waals surface area contributed by atoms with Crippen LogP contribution in [0.1, 0.15) is 28.7 Å². The van der Waals surface area contributed by atoms with Crippen molar-refractivity contribution in [3.8, 4) is 5.75 Å². The Kier molecular flexibility index (Phi) is 4.60. The van der Waals surface area contributed by atoms with Crippen LogP contribution in [0.4, 0.5) is 0 Å². The van der Waals surface area contributed by atoms with E-state index in [9.17, 15) is 4.79 Å². The highest BCUT2D eigenvalue weighted by molar-refractivity contribution is 9.10. The van der Waals surface area contributed by atoms with E-state index in [0.717, 1.165) is 22.4 Å². The molecule has 0 bridgehead atoms. The number of carbonyl (C=O) groups is 1. The molecule has 1 aromatic heterocycles. The van der Waals surface area contributed by atoms with Gasteiger partial charge < -0.3 is 4.74 Å². The number of Topliss-reactive ketones (excluding diaryl/α,β-unsaturated/α-hetero) is 1. The molecule has 0 aliphatic rings. The minimum absolute atomic E-state index is 0.0314. The Morgan fingerprint density at radius 1 is 1.40 bits per heavy atom. The molecule has 0 saturated heterocycles. The molecule has 1 aromatic carbocycles. The van der Waals surface area contributed by atoms with Crippen molar-refractivity contribution in [2.75, 3.05) is 7.11 Å². The van der Waals surface area contributed by atoms with Crippen LogP contribution in [0.15, 0.2) is 28.7 Å². The Hall–Kier alpha value is -1.62. The van der Waals surface area contributed by atoms with E-state index in [-0.39, 0.29) is 5.78 Å². The molecular weight excluding hydrogens is 320 g/mol. The summed E-state index contributed by atoms with van der Waals surface area (Å²) in [4.78, 5) is 12.4. The second-order valence-electron chi connectivity index (χ2n) is 4.54. The SMILES string of the molecule is CCn1nc(C)cc1CC(=O)c1ccc(Br)cc1OC. The number of halogens is 1. The van der Waals surface area contributed by atoms with Crippen molar-refractivity contribution in [3.05, 3.63) is 45.7 Å². The van der Waals surface area contributed by atoms with E-state index in [4.69, 9.17) is 4.74 Å². The Morgan fingerprint density at radius 2 is 2.15 bits per heavy atom. The van der Waals surface area contributed by atoms with Gasteiger partial charge in [0, 0.05) is 16.7 Å². The van der Waals surface area contributed by atoms with Gasteiger partial charge in [-0.15, -0.1) is 0 Å². The van der Waals surface area contributed by atoms with Crippen LogP contribution in [0.25, 0.3) is 0 Å². The lowest BCUT2D eigenvalue weighted by Gasteiger charge is -2.09. The smallest absolute Gasteiger partial charge is 0.172 e. The maximum Gasteiger partial charge on any atom is 0.172 e. The van der Waals surface area contributed by atoms with Crippen LogP contribution in [-0.2, 0) is 13.0 Å². The van der Waals surface area contributed by atoms with E-state index in [1.807, 2.05) is 30.7 Å². The molecule has 1 heterocycles. The molecule has 0 unspecified atom stereocenters. The van der Waals surface area contributed by atoms with Gasteiger partial charge in [0.2, 0.25) is 0 Å². The minimum atomic E-state index is 0.0314. The van der Waals surface area contributed by atoms with Gasteiger partial charge in [-0.3, -0.25) is 9.48 Å². The molecule has 0 radical (unpaired) electrons. The predicted molar refractivity (Wildman–Crippen MR) is 81.4 cm³/mol. The number of carbonyl (C=O) groups excluding carboxylic acids is 1. The first-order chi connectivity index (χ1) is 9.55. The fourth-order valence-electron chi connectivity index (χ4n) is 2.17. The van der Waals surface area contributed by atoms with Crippen LogP contribution in [0.3, 0.4) is 0 Å². The number of methoxy groups -OCH3 is 1. The highest BCUT2D eigenvalue weighted by Gasteiger charge is 2.15. The number of aryl methyl sites for hydroxylation is 2. The lowest BCUT2D eigenvalue weighted by Crippen LogP contribution is -2.10. The average Bonchev–Trinajstić information content (AvgIpc) is 2.78. The van der Waals surface area contributed by atoms with Crippen molar-refractivity contribution in [2.24, 2.45) is 0 Å². The van der Waals surface area contributed by atoms with Crippen molar-refractivity contribution in [1.29, 1.82) is 0 Å². The molecule has 0 aliphatic heterocycles. The van der Waals surface area contributed by atoms with Crippen molar-refractivity contribution >= 4 is 21.7 Å². The van der Waals surface area contributed by atoms with Crippen molar-refractivity contribution in [2.45, 2.75) is 26.8 Å². The molecule has 0 aliphatic carbocycles. The number of ether oxygens (including phenoxy) is 1. The molecule has 20 heavy (non-hydrogen) atoms. The quantitative estimate of drug-likeness (QED) is 0.786. The first kappa shape index (κ1) is 14.8. The van der Waals surface area contributed by atoms with Gasteiger partial charge in [-0.05, 0) is 38.1 Å². The average molecular weight is 337 g/mol. The molecule has 4 nitrogen and oxygen atoms in total. The van der Waals surface area contributed by atoms with E-state index in [1.54, 1.807) is 19.2 Å². The van der Waals surface area contributed by atoms with Gasteiger partial charge in [-0.25, -0.2) is 0 Å². The van der Waals surface area contributed by atoms with Gasteiger partial charge in [-0.1, -0.05) is 15.9 Å². The van der Waals surface area contributed by atoms with Crippen LogP contribution in [0, 0.1) is 6.92 Å². The second kappa shape index (κ2) is 6.22. The van der Waals surface area contributed by atoms with Crippen LogP contribution < -0.4 is 4.74 Å². The largest absolute Gasteiger partial charge is 0.496 e. The molecule has 0 N–H and O–H groups in total. The fraction of sp³-hybridized carbons (Fsp3) is 0.333. The normalized spacial score (nSPS) is 10.6. The maximum atomic E-state index is 12.4. The number of benzene rings is 1. The van der Waals surface area contributed by atoms with Crippen LogP contribution in [-0.4, -0.2) is 22.7 Å². The zero-order valence-electron chi connectivity index (χ0n) is 11.8. The van der Waals surface area contributed by atoms with E-state index >= 15 is 0 Å². The Labute approximate surface area is 126 Å². The van der Waals surface area contributed by atoms with E-state index in [2.05, 4.69) is 21.0 Å². The molecular formula is C15H17BrN2O2. The van der Waals surface area contributed by atoms with Gasteiger partial charge in [0.05, 0.1) is 24.8 Å². The van der Waals surface area contributed by atoms with Gasteiger partial charge >= 0.3 is 0 Å². The fourth-order valence-corrected chi connectivity index (χ4v) is 2.51. The number of nitrogens with zero attached hydrogens (tertiary/aromatic N) is 2. The van der Waals surface area contributed by atoms with Crippen LogP contribution in [0.2, 0.25) is 0 Å². The first-order valence-corrected chi connectivity index (χ1v) is 7.24. The summed E-state index contributed by atoms with van der Waals surface area (Å²) >= 11 is 3.37. The number of rotatable bonds is 5. The minimum Gasteiger partial charge on any atom is -0.496 e. The summed E-state index contributed by atoms with van der Waals surface area (Å²) in [5.41, 5.74) is 2.45. The highest BCUT2D eigenvalue weighted by Crippen LogP contribution is 2.25. The molecule has 2 aromatic rings. The molecule has 0 saturated carbocycles. The summed E-state index contributed by atoms with van der Waals surface area (Å²) < 4.78 is 8.02. The highest BCUT2D eigenvalue weighted by atomic mass is 79.9. The van der Waals surface area contributed by atoms with Gasteiger partial charge in [0.15, 0.2) is 5.78 Å². The summed E-state index contributed by atoms with van der Waals surface area (Å²) in [5, 5.41) is 4.36. The van der Waals surface area contributed by atoms with Crippen LogP contribution in [0.5, 0.6) is 5.75 Å². The van der Waals surface area contributed by atoms with Crippen LogP contribution >= 0.6 is 15.9 Å². The molecule has 106 valence electrons. The number of ketones is 1. The first-order valence-electron chi connectivity index (χ1n) is 6.45. The monoisotopic (exact) mass is 336 g/mol. The van der Waals surface area contributed by atoms with Crippen molar-refractivity contribution in [1.82, 2.24) is 9.78 Å². The molecule has 5 heteroatoms. The molecule has 0 spiro atoms. The Morgan fingerprint density at radius 3 is 2.80 bits per heavy atom. The van der Waals surface area contributed by atoms with Gasteiger partial charge in [0.25, 0.3) is 0 Å². The van der Waals surface area contributed by atoms with E-state index < -0.39 is 0 Å². The van der Waals surface area contributed by atoms with Gasteiger partial charge in [0.1, 0.15) is 5.75 Å². The second-order valence-corrected chi connectivity index (χ2v) is 5.45. The summed E-state index contributed by atoms with van der Waals surface area (Å²) in [6.07, 6.45) is 0.326. The van der Waals surface area contributed by atoms with Crippen molar-refractivity contribution in [3.63, 3.8) is 0 Å². The predicted octanol–water partition coefficient (Wildman–Crippen LogP) is 3.41. The number of hydrogen-bond donors (Lipinski definition) is 0. The standard InChI is InChI=1S/C15H17BrN2O2/c1-4-18-12(7-10(2)17-18)9-14(19)13-6-5-11(16)8-15(13)20-3/h5-8H,4,9H2,1-3H3. The number of hydrogen-bond acceptors (Lipinski definition) is 3. The zero-order chi connectivity index (χ0) is 14.7. The molecule has 0 amide bonds. The van der Waals surface area contributed by atoms with E-state index in [1.165, 1.54) is 0 Å². The lowest BCUT2D eigenvalue weighted by atomic mass is 10.1. The Balaban J connectivity index is 2.28. The topological polar surface area (TPSA) is 44.1 Å². The lowest BCUT2D eigenvalue weighted by molar-refractivity contribution is 0.0987. The van der Waals surface area contributed by atoms with Crippen molar-refractivity contribution < 1.29 is 9.53 Å². The Bertz CT molecular complexity index is 635. The molecule has 0 atom stereocenters. The maximum absolute atomic E-state index is 12.4. The molecule has 2 rings (SSSR count). The summed E-state index contributed by atoms with van der Waals surface area (Å²) in [7, 11) is 1.57. The van der Waals surface area contributed by atoms with E-state index in [0.29, 0.717) is 17.7 Å². The summed E-state index contributed by atoms with van der Waals surface area (Å²) in [6.45, 7) is 4.70. The summed E-state index contributed by atoms with van der Waals surface area (Å²) in [5.74, 6) is 0.618. The number of aromatic nitrogens is 2. The third kappa shape index (κ3) is 3.10. The molecule has 0 fully saturated rings. The third-order valence-corrected chi connectivity index (χ3v) is 3.58. The van der Waals surface area contributed by atoms with Gasteiger partial charge in [-0.2, -0.15) is 5.10 Å². The third-order valence-electron chi connectivity index (χ3n) is 3.09.